The van der Waals surface area contributed by atoms with E-state index in [4.69, 9.17) is 0 Å². The van der Waals surface area contributed by atoms with Crippen LogP contribution in [0.2, 0.25) is 0 Å². The summed E-state index contributed by atoms with van der Waals surface area (Å²) in [4.78, 5) is 8.98. The molecule has 0 atom stereocenters. The minimum absolute atomic E-state index is 0.00666. The molecular weight excluding hydrogens is 188 g/mol. The molecule has 0 radical (unpaired) electrons. The Hall–Kier alpha value is -1.16. The molecule has 2 heterocycles. The Labute approximate surface area is 90.5 Å². The normalized spacial score (nSPS) is 15.2. The van der Waals surface area contributed by atoms with Gasteiger partial charge in [-0.15, -0.1) is 0 Å². The van der Waals surface area contributed by atoms with Gasteiger partial charge in [-0.25, -0.2) is 9.97 Å². The summed E-state index contributed by atoms with van der Waals surface area (Å²) in [7, 11) is 0. The van der Waals surface area contributed by atoms with E-state index in [-0.39, 0.29) is 5.54 Å². The van der Waals surface area contributed by atoms with E-state index in [9.17, 15) is 0 Å². The van der Waals surface area contributed by atoms with Gasteiger partial charge < -0.3 is 10.6 Å². The zero-order chi connectivity index (χ0) is 11.1. The number of aryl methyl sites for hydroxylation is 1. The highest BCUT2D eigenvalue weighted by atomic mass is 15.1. The van der Waals surface area contributed by atoms with E-state index in [0.29, 0.717) is 0 Å². The maximum Gasteiger partial charge on any atom is 0.223 e. The summed E-state index contributed by atoms with van der Waals surface area (Å²) in [6.45, 7) is 10.1. The third-order valence-corrected chi connectivity index (χ3v) is 2.38. The summed E-state index contributed by atoms with van der Waals surface area (Å²) < 4.78 is 0. The first kappa shape index (κ1) is 10.4. The van der Waals surface area contributed by atoms with Crippen LogP contribution in [0.4, 0.5) is 5.95 Å². The third kappa shape index (κ3) is 2.26. The van der Waals surface area contributed by atoms with Gasteiger partial charge in [-0.3, -0.25) is 0 Å². The molecule has 15 heavy (non-hydrogen) atoms. The average molecular weight is 206 g/mol. The fourth-order valence-electron chi connectivity index (χ4n) is 1.73. The number of rotatable bonds is 1. The van der Waals surface area contributed by atoms with Gasteiger partial charge in [0.15, 0.2) is 0 Å². The Morgan fingerprint density at radius 2 is 1.93 bits per heavy atom. The number of hydrogen-bond donors (Lipinski definition) is 2. The maximum absolute atomic E-state index is 4.51. The van der Waals surface area contributed by atoms with Crippen LogP contribution in [-0.4, -0.2) is 15.5 Å². The lowest BCUT2D eigenvalue weighted by molar-refractivity contribution is 0.624. The van der Waals surface area contributed by atoms with Gasteiger partial charge >= 0.3 is 0 Å². The Balaban J connectivity index is 2.32. The van der Waals surface area contributed by atoms with E-state index in [1.54, 1.807) is 0 Å². The molecule has 0 aromatic carbocycles. The van der Waals surface area contributed by atoms with Crippen LogP contribution in [-0.2, 0) is 13.1 Å². The van der Waals surface area contributed by atoms with Crippen molar-refractivity contribution in [2.75, 3.05) is 5.32 Å². The number of nitrogens with zero attached hydrogens (tertiary/aromatic N) is 2. The van der Waals surface area contributed by atoms with Crippen LogP contribution in [0.5, 0.6) is 0 Å². The molecule has 1 aliphatic heterocycles. The van der Waals surface area contributed by atoms with Gasteiger partial charge in [-0.2, -0.15) is 0 Å². The van der Waals surface area contributed by atoms with Crippen molar-refractivity contribution in [3.8, 4) is 0 Å². The SMILES string of the molecule is Cc1nc(NC(C)(C)C)nc2c1CNC2. The molecule has 82 valence electrons. The van der Waals surface area contributed by atoms with Gasteiger partial charge in [-0.1, -0.05) is 0 Å². The summed E-state index contributed by atoms with van der Waals surface area (Å²) in [5, 5.41) is 6.59. The minimum atomic E-state index is 0.00666. The summed E-state index contributed by atoms with van der Waals surface area (Å²) in [5.74, 6) is 0.738. The second-order valence-electron chi connectivity index (χ2n) is 5.04. The third-order valence-electron chi connectivity index (χ3n) is 2.38. The zero-order valence-corrected chi connectivity index (χ0v) is 9.81. The Morgan fingerprint density at radius 1 is 1.20 bits per heavy atom. The predicted octanol–water partition coefficient (Wildman–Crippen LogP) is 1.60. The van der Waals surface area contributed by atoms with Crippen molar-refractivity contribution in [3.63, 3.8) is 0 Å². The Bertz CT molecular complexity index is 379. The quantitative estimate of drug-likeness (QED) is 0.732. The second kappa shape index (κ2) is 3.45. The molecule has 0 amide bonds. The molecule has 0 fully saturated rings. The standard InChI is InChI=1S/C11H18N4/c1-7-8-5-12-6-9(8)14-10(13-7)15-11(2,3)4/h12H,5-6H2,1-4H3,(H,13,14,15). The lowest BCUT2D eigenvalue weighted by atomic mass is 10.1. The molecule has 0 spiro atoms. The second-order valence-corrected chi connectivity index (χ2v) is 5.04. The summed E-state index contributed by atoms with van der Waals surface area (Å²) >= 11 is 0. The van der Waals surface area contributed by atoms with Crippen molar-refractivity contribution >= 4 is 5.95 Å². The van der Waals surface area contributed by atoms with Crippen molar-refractivity contribution < 1.29 is 0 Å². The minimum Gasteiger partial charge on any atom is -0.350 e. The molecule has 0 bridgehead atoms. The molecule has 0 saturated heterocycles. The molecule has 2 rings (SSSR count). The fourth-order valence-corrected chi connectivity index (χ4v) is 1.73. The highest BCUT2D eigenvalue weighted by Gasteiger charge is 2.18. The highest BCUT2D eigenvalue weighted by Crippen LogP contribution is 2.19. The summed E-state index contributed by atoms with van der Waals surface area (Å²) in [6, 6.07) is 0. The monoisotopic (exact) mass is 206 g/mol. The number of aromatic nitrogens is 2. The van der Waals surface area contributed by atoms with Crippen molar-refractivity contribution in [1.29, 1.82) is 0 Å². The molecule has 0 saturated carbocycles. The molecule has 4 nitrogen and oxygen atoms in total. The fraction of sp³-hybridized carbons (Fsp3) is 0.636. The van der Waals surface area contributed by atoms with Crippen LogP contribution < -0.4 is 10.6 Å². The molecule has 1 aliphatic rings. The maximum atomic E-state index is 4.51. The van der Waals surface area contributed by atoms with Crippen LogP contribution in [0.15, 0.2) is 0 Å². The van der Waals surface area contributed by atoms with Gasteiger partial charge in [0.1, 0.15) is 0 Å². The van der Waals surface area contributed by atoms with Crippen molar-refractivity contribution in [2.45, 2.75) is 46.3 Å². The lowest BCUT2D eigenvalue weighted by Gasteiger charge is -2.21. The Kier molecular flexibility index (Phi) is 2.38. The number of anilines is 1. The number of nitrogens with one attached hydrogen (secondary N) is 2. The molecule has 0 unspecified atom stereocenters. The van der Waals surface area contributed by atoms with Crippen LogP contribution in [0.1, 0.15) is 37.7 Å². The van der Waals surface area contributed by atoms with Crippen LogP contribution in [0.3, 0.4) is 0 Å². The van der Waals surface area contributed by atoms with Crippen LogP contribution in [0.25, 0.3) is 0 Å². The van der Waals surface area contributed by atoms with E-state index in [0.717, 1.165) is 30.4 Å². The van der Waals surface area contributed by atoms with E-state index in [1.807, 2.05) is 6.92 Å². The van der Waals surface area contributed by atoms with Gasteiger partial charge in [0.25, 0.3) is 0 Å². The molecule has 1 aromatic rings. The summed E-state index contributed by atoms with van der Waals surface area (Å²) in [5.41, 5.74) is 3.48. The average Bonchev–Trinajstić information content (AvgIpc) is 2.48. The molecule has 0 aliphatic carbocycles. The molecule has 1 aromatic heterocycles. The summed E-state index contributed by atoms with van der Waals surface area (Å²) in [6.07, 6.45) is 0. The topological polar surface area (TPSA) is 49.8 Å². The highest BCUT2D eigenvalue weighted by molar-refractivity contribution is 5.37. The first-order valence-electron chi connectivity index (χ1n) is 5.31. The largest absolute Gasteiger partial charge is 0.350 e. The van der Waals surface area contributed by atoms with Gasteiger partial charge in [0, 0.05) is 29.9 Å². The van der Waals surface area contributed by atoms with E-state index < -0.39 is 0 Å². The smallest absolute Gasteiger partial charge is 0.223 e. The molecular formula is C11H18N4. The van der Waals surface area contributed by atoms with E-state index in [1.165, 1.54) is 5.56 Å². The van der Waals surface area contributed by atoms with Crippen LogP contribution in [0, 0.1) is 6.92 Å². The Morgan fingerprint density at radius 3 is 2.60 bits per heavy atom. The van der Waals surface area contributed by atoms with Gasteiger partial charge in [-0.05, 0) is 27.7 Å². The molecule has 2 N–H and O–H groups in total. The van der Waals surface area contributed by atoms with E-state index >= 15 is 0 Å². The number of hydrogen-bond acceptors (Lipinski definition) is 4. The zero-order valence-electron chi connectivity index (χ0n) is 9.81. The van der Waals surface area contributed by atoms with Gasteiger partial charge in [0.2, 0.25) is 5.95 Å². The number of fused-ring (bicyclic) bond motifs is 1. The predicted molar refractivity (Wildman–Crippen MR) is 60.7 cm³/mol. The first-order valence-corrected chi connectivity index (χ1v) is 5.31. The van der Waals surface area contributed by atoms with Gasteiger partial charge in [0.05, 0.1) is 5.69 Å². The lowest BCUT2D eigenvalue weighted by Crippen LogP contribution is -2.27. The van der Waals surface area contributed by atoms with Crippen molar-refractivity contribution in [1.82, 2.24) is 15.3 Å². The van der Waals surface area contributed by atoms with Crippen molar-refractivity contribution in [3.05, 3.63) is 17.0 Å². The van der Waals surface area contributed by atoms with Crippen LogP contribution >= 0.6 is 0 Å². The van der Waals surface area contributed by atoms with E-state index in [2.05, 4.69) is 41.4 Å². The van der Waals surface area contributed by atoms with Crippen molar-refractivity contribution in [2.24, 2.45) is 0 Å². The molecule has 4 heteroatoms. The first-order chi connectivity index (χ1) is 6.96.